The van der Waals surface area contributed by atoms with Crippen LogP contribution in [0.15, 0.2) is 36.4 Å². The van der Waals surface area contributed by atoms with Gasteiger partial charge in [-0.15, -0.1) is 0 Å². The summed E-state index contributed by atoms with van der Waals surface area (Å²) in [4.78, 5) is 27.0. The Hall–Kier alpha value is -2.97. The number of nitrogens with one attached hydrogen (secondary N) is 1. The lowest BCUT2D eigenvalue weighted by Crippen LogP contribution is -2.44. The number of nitrogens with zero attached hydrogens (tertiary/aromatic N) is 2. The molecule has 2 atom stereocenters. The van der Waals surface area contributed by atoms with E-state index in [0.29, 0.717) is 24.3 Å². The van der Waals surface area contributed by atoms with E-state index in [1.807, 2.05) is 11.5 Å². The number of fused-ring (bicyclic) bond motifs is 1. The summed E-state index contributed by atoms with van der Waals surface area (Å²) in [7, 11) is 0. The second-order valence-electron chi connectivity index (χ2n) is 8.96. The molecule has 0 saturated carbocycles. The summed E-state index contributed by atoms with van der Waals surface area (Å²) in [5.74, 6) is -0.390. The molecule has 3 rings (SSSR count). The van der Waals surface area contributed by atoms with E-state index in [1.165, 1.54) is 6.07 Å². The van der Waals surface area contributed by atoms with Crippen LogP contribution in [0.2, 0.25) is 0 Å². The average Bonchev–Trinajstić information content (AvgIpc) is 3.11. The number of hydrogen-bond acceptors (Lipinski definition) is 3. The molecule has 1 unspecified atom stereocenters. The molecule has 32 heavy (non-hydrogen) atoms. The van der Waals surface area contributed by atoms with E-state index >= 15 is 0 Å². The van der Waals surface area contributed by atoms with Crippen LogP contribution in [0.3, 0.4) is 0 Å². The van der Waals surface area contributed by atoms with E-state index in [0.717, 1.165) is 17.8 Å². The van der Waals surface area contributed by atoms with Crippen molar-refractivity contribution in [2.24, 2.45) is 0 Å². The van der Waals surface area contributed by atoms with Crippen LogP contribution in [0, 0.1) is 0 Å². The molecule has 6 nitrogen and oxygen atoms in total. The number of halogens is 3. The first kappa shape index (κ1) is 23.7. The molecule has 9 heteroatoms. The summed E-state index contributed by atoms with van der Waals surface area (Å²) in [6, 6.07) is 7.46. The van der Waals surface area contributed by atoms with Gasteiger partial charge in [-0.25, -0.2) is 4.79 Å². The third-order valence-corrected chi connectivity index (χ3v) is 5.40. The van der Waals surface area contributed by atoms with Crippen molar-refractivity contribution in [3.05, 3.63) is 58.9 Å². The number of carbonyl (C=O) groups is 2. The lowest BCUT2D eigenvalue weighted by Gasteiger charge is -2.36. The molecule has 1 aromatic heterocycles. The Morgan fingerprint density at radius 3 is 2.44 bits per heavy atom. The van der Waals surface area contributed by atoms with Gasteiger partial charge in [-0.05, 0) is 64.4 Å². The van der Waals surface area contributed by atoms with Gasteiger partial charge in [0, 0.05) is 18.8 Å². The smallest absolute Gasteiger partial charge is 0.416 e. The van der Waals surface area contributed by atoms with Crippen LogP contribution in [0.25, 0.3) is 0 Å². The number of hydrogen-bond donors (Lipinski definition) is 1. The maximum absolute atomic E-state index is 13.0. The first-order valence-electron chi connectivity index (χ1n) is 10.4. The lowest BCUT2D eigenvalue weighted by molar-refractivity contribution is -0.137. The Morgan fingerprint density at radius 1 is 1.12 bits per heavy atom. The molecule has 1 aromatic carbocycles. The molecule has 1 N–H and O–H groups in total. The third-order valence-electron chi connectivity index (χ3n) is 5.40. The van der Waals surface area contributed by atoms with Gasteiger partial charge < -0.3 is 14.6 Å². The second-order valence-corrected chi connectivity index (χ2v) is 8.96. The molecule has 0 aliphatic carbocycles. The minimum Gasteiger partial charge on any atom is -0.444 e. The summed E-state index contributed by atoms with van der Waals surface area (Å²) in [6.07, 6.45) is -4.86. The SMILES string of the molecule is CC1c2ccc(C(=O)N[C@H](C)c3cccc(C(F)(F)F)c3)n2CCN1C(=O)OC(C)(C)C. The number of carbonyl (C=O) groups excluding carboxylic acids is 2. The molecule has 0 bridgehead atoms. The minimum absolute atomic E-state index is 0.291. The number of rotatable bonds is 3. The number of amides is 2. The van der Waals surface area contributed by atoms with E-state index in [2.05, 4.69) is 5.32 Å². The van der Waals surface area contributed by atoms with E-state index in [9.17, 15) is 22.8 Å². The fourth-order valence-corrected chi connectivity index (χ4v) is 3.77. The summed E-state index contributed by atoms with van der Waals surface area (Å²) >= 11 is 0. The molecule has 2 amide bonds. The Morgan fingerprint density at radius 2 is 1.81 bits per heavy atom. The first-order valence-corrected chi connectivity index (χ1v) is 10.4. The van der Waals surface area contributed by atoms with Gasteiger partial charge in [-0.1, -0.05) is 12.1 Å². The molecular weight excluding hydrogens is 423 g/mol. The quantitative estimate of drug-likeness (QED) is 0.688. The van der Waals surface area contributed by atoms with Gasteiger partial charge in [0.2, 0.25) is 0 Å². The number of ether oxygens (including phenoxy) is 1. The molecule has 1 aliphatic rings. The standard InChI is InChI=1S/C23H28F3N3O3/c1-14(16-7-6-8-17(13-16)23(24,25)26)27-20(30)19-10-9-18-15(2)28(11-12-29(18)19)21(31)32-22(3,4)5/h6-10,13-15H,11-12H2,1-5H3,(H,27,30)/t14-,15?/m1/s1. The molecule has 174 valence electrons. The van der Waals surface area contributed by atoms with Crippen molar-refractivity contribution in [1.29, 1.82) is 0 Å². The molecule has 0 spiro atoms. The fourth-order valence-electron chi connectivity index (χ4n) is 3.77. The summed E-state index contributed by atoms with van der Waals surface area (Å²) in [5.41, 5.74) is 0.185. The van der Waals surface area contributed by atoms with Crippen molar-refractivity contribution in [2.45, 2.75) is 65.0 Å². The summed E-state index contributed by atoms with van der Waals surface area (Å²) in [5, 5.41) is 2.77. The Labute approximate surface area is 185 Å². The summed E-state index contributed by atoms with van der Waals surface area (Å²) in [6.45, 7) is 9.69. The van der Waals surface area contributed by atoms with Crippen LogP contribution in [0.5, 0.6) is 0 Å². The highest BCUT2D eigenvalue weighted by Gasteiger charge is 2.33. The summed E-state index contributed by atoms with van der Waals surface area (Å²) < 4.78 is 46.3. The van der Waals surface area contributed by atoms with Gasteiger partial charge in [0.1, 0.15) is 11.3 Å². The van der Waals surface area contributed by atoms with Gasteiger partial charge in [0.05, 0.1) is 17.6 Å². The number of benzene rings is 1. The second kappa shape index (κ2) is 8.52. The Balaban J connectivity index is 1.74. The predicted molar refractivity (Wildman–Crippen MR) is 113 cm³/mol. The van der Waals surface area contributed by atoms with Crippen molar-refractivity contribution in [3.63, 3.8) is 0 Å². The highest BCUT2D eigenvalue weighted by Crippen LogP contribution is 2.31. The van der Waals surface area contributed by atoms with Crippen molar-refractivity contribution >= 4 is 12.0 Å². The van der Waals surface area contributed by atoms with Gasteiger partial charge in [-0.2, -0.15) is 13.2 Å². The minimum atomic E-state index is -4.45. The first-order chi connectivity index (χ1) is 14.8. The zero-order valence-corrected chi connectivity index (χ0v) is 18.8. The normalized spacial score (nSPS) is 17.5. The average molecular weight is 451 g/mol. The van der Waals surface area contributed by atoms with Crippen molar-refractivity contribution < 1.29 is 27.5 Å². The van der Waals surface area contributed by atoms with Crippen molar-refractivity contribution in [3.8, 4) is 0 Å². The van der Waals surface area contributed by atoms with Gasteiger partial charge in [0.15, 0.2) is 0 Å². The Bertz CT molecular complexity index is 1010. The molecular formula is C23H28F3N3O3. The largest absolute Gasteiger partial charge is 0.444 e. The highest BCUT2D eigenvalue weighted by molar-refractivity contribution is 5.93. The van der Waals surface area contributed by atoms with E-state index in [-0.39, 0.29) is 11.9 Å². The Kier molecular flexibility index (Phi) is 6.31. The maximum atomic E-state index is 13.0. The highest BCUT2D eigenvalue weighted by atomic mass is 19.4. The van der Waals surface area contributed by atoms with Crippen LogP contribution in [0.1, 0.15) is 74.0 Å². The van der Waals surface area contributed by atoms with Crippen LogP contribution in [0.4, 0.5) is 18.0 Å². The monoisotopic (exact) mass is 451 g/mol. The predicted octanol–water partition coefficient (Wildman–Crippen LogP) is 5.31. The van der Waals surface area contributed by atoms with E-state index in [4.69, 9.17) is 4.74 Å². The lowest BCUT2D eigenvalue weighted by atomic mass is 10.0. The molecule has 0 fully saturated rings. The van der Waals surface area contributed by atoms with Gasteiger partial charge in [-0.3, -0.25) is 9.69 Å². The van der Waals surface area contributed by atoms with E-state index in [1.54, 1.807) is 50.8 Å². The zero-order valence-electron chi connectivity index (χ0n) is 18.8. The van der Waals surface area contributed by atoms with Gasteiger partial charge >= 0.3 is 12.3 Å². The molecule has 0 radical (unpaired) electrons. The molecule has 0 saturated heterocycles. The molecule has 1 aliphatic heterocycles. The topological polar surface area (TPSA) is 63.6 Å². The zero-order chi connectivity index (χ0) is 23.8. The van der Waals surface area contributed by atoms with Crippen LogP contribution >= 0.6 is 0 Å². The van der Waals surface area contributed by atoms with E-state index < -0.39 is 29.5 Å². The number of aromatic nitrogens is 1. The number of alkyl halides is 3. The van der Waals surface area contributed by atoms with Gasteiger partial charge in [0.25, 0.3) is 5.91 Å². The fraction of sp³-hybridized carbons (Fsp3) is 0.478. The third kappa shape index (κ3) is 5.08. The molecule has 2 aromatic rings. The van der Waals surface area contributed by atoms with Crippen molar-refractivity contribution in [1.82, 2.24) is 14.8 Å². The van der Waals surface area contributed by atoms with Crippen molar-refractivity contribution in [2.75, 3.05) is 6.54 Å². The van der Waals surface area contributed by atoms with Crippen LogP contribution < -0.4 is 5.32 Å². The van der Waals surface area contributed by atoms with Crippen LogP contribution in [-0.2, 0) is 17.5 Å². The maximum Gasteiger partial charge on any atom is 0.416 e. The molecule has 2 heterocycles. The van der Waals surface area contributed by atoms with Crippen LogP contribution in [-0.4, -0.2) is 33.6 Å².